The van der Waals surface area contributed by atoms with Gasteiger partial charge in [-0.3, -0.25) is 4.99 Å². The van der Waals surface area contributed by atoms with Crippen LogP contribution in [0.5, 0.6) is 0 Å². The number of hydroxylamine groups is 2. The van der Waals surface area contributed by atoms with Crippen LogP contribution in [0.1, 0.15) is 38.8 Å². The summed E-state index contributed by atoms with van der Waals surface area (Å²) in [4.78, 5) is 3.92. The monoisotopic (exact) mass is 314 g/mol. The Balaban J connectivity index is 2.79. The average molecular weight is 314 g/mol. The van der Waals surface area contributed by atoms with Gasteiger partial charge in [0, 0.05) is 0 Å². The van der Waals surface area contributed by atoms with Crippen molar-refractivity contribution in [2.75, 3.05) is 0 Å². The quantitative estimate of drug-likeness (QED) is 0.591. The fraction of sp³-hybridized carbons (Fsp3) is 0.429. The zero-order valence-corrected chi connectivity index (χ0v) is 12.3. The third-order valence-electron chi connectivity index (χ3n) is 4.18. The number of aliphatic imine (C=N–C) groups is 1. The Labute approximate surface area is 124 Å². The Morgan fingerprint density at radius 2 is 1.45 bits per heavy atom. The number of hydrogen-bond donors (Lipinski definition) is 0. The van der Waals surface area contributed by atoms with Crippen molar-refractivity contribution in [3.63, 3.8) is 0 Å². The van der Waals surface area contributed by atoms with Gasteiger partial charge in [0.05, 0.1) is 16.6 Å². The largest absolute Gasteiger partial charge is 0.257 e. The molecule has 1 aromatic carbocycles. The molecule has 1 aliphatic rings. The van der Waals surface area contributed by atoms with Crippen LogP contribution < -0.4 is 0 Å². The maximum atomic E-state index is 14.0. The highest BCUT2D eigenvalue weighted by molar-refractivity contribution is 6.01. The molecular formula is C14H12F4N3O. The van der Waals surface area contributed by atoms with E-state index in [4.69, 9.17) is 5.26 Å². The van der Waals surface area contributed by atoms with Crippen molar-refractivity contribution < 1.29 is 22.8 Å². The lowest BCUT2D eigenvalue weighted by Gasteiger charge is -2.35. The molecule has 1 aromatic rings. The first-order valence-electron chi connectivity index (χ1n) is 6.31. The second-order valence-electron chi connectivity index (χ2n) is 5.97. The number of rotatable bonds is 1. The smallest absolute Gasteiger partial charge is 0.180 e. The number of nitrogens with zero attached hydrogens (tertiary/aromatic N) is 3. The normalized spacial score (nSPS) is 19.1. The molecule has 1 heterocycles. The van der Waals surface area contributed by atoms with Gasteiger partial charge in [0.1, 0.15) is 11.6 Å². The van der Waals surface area contributed by atoms with Gasteiger partial charge in [-0.15, -0.1) is 0 Å². The predicted octanol–water partition coefficient (Wildman–Crippen LogP) is 3.08. The van der Waals surface area contributed by atoms with Crippen molar-refractivity contribution in [1.29, 1.82) is 5.26 Å². The van der Waals surface area contributed by atoms with Gasteiger partial charge in [0.25, 0.3) is 0 Å². The first kappa shape index (κ1) is 16.2. The number of nitriles is 1. The molecule has 0 saturated carbocycles. The van der Waals surface area contributed by atoms with Crippen molar-refractivity contribution >= 4 is 5.84 Å². The molecule has 0 spiro atoms. The summed E-state index contributed by atoms with van der Waals surface area (Å²) in [6.45, 7) is 6.08. The van der Waals surface area contributed by atoms with Gasteiger partial charge in [0.2, 0.25) is 0 Å². The lowest BCUT2D eigenvalue weighted by molar-refractivity contribution is -0.158. The maximum Gasteiger partial charge on any atom is 0.180 e. The number of hydrogen-bond acceptors (Lipinski definition) is 3. The minimum atomic E-state index is -1.85. The van der Waals surface area contributed by atoms with Gasteiger partial charge in [-0.2, -0.15) is 10.3 Å². The molecule has 0 saturated heterocycles. The molecule has 1 radical (unpaired) electrons. The van der Waals surface area contributed by atoms with Crippen molar-refractivity contribution in [2.45, 2.75) is 38.8 Å². The van der Waals surface area contributed by atoms with Crippen LogP contribution in [0.3, 0.4) is 0 Å². The Hall–Kier alpha value is -2.14. The minimum Gasteiger partial charge on any atom is -0.257 e. The molecule has 0 aromatic heterocycles. The van der Waals surface area contributed by atoms with Crippen LogP contribution in [0, 0.1) is 34.6 Å². The Morgan fingerprint density at radius 3 is 1.77 bits per heavy atom. The van der Waals surface area contributed by atoms with Crippen LogP contribution in [0.15, 0.2) is 4.99 Å². The Kier molecular flexibility index (Phi) is 3.45. The molecule has 0 bridgehead atoms. The van der Waals surface area contributed by atoms with E-state index < -0.39 is 51.3 Å². The molecule has 0 fully saturated rings. The highest BCUT2D eigenvalue weighted by atomic mass is 19.2. The first-order chi connectivity index (χ1) is 9.97. The summed E-state index contributed by atoms with van der Waals surface area (Å²) < 4.78 is 55.5. The van der Waals surface area contributed by atoms with E-state index in [1.807, 2.05) is 0 Å². The molecule has 1 aliphatic heterocycles. The lowest BCUT2D eigenvalue weighted by Crippen LogP contribution is -2.51. The summed E-state index contributed by atoms with van der Waals surface area (Å²) in [5, 5.41) is 21.0. The van der Waals surface area contributed by atoms with Crippen molar-refractivity contribution in [3.8, 4) is 6.07 Å². The average Bonchev–Trinajstić information content (AvgIpc) is 2.58. The lowest BCUT2D eigenvalue weighted by atomic mass is 9.84. The van der Waals surface area contributed by atoms with Crippen molar-refractivity contribution in [3.05, 3.63) is 34.4 Å². The zero-order chi connectivity index (χ0) is 17.0. The van der Waals surface area contributed by atoms with E-state index in [1.165, 1.54) is 13.8 Å². The second kappa shape index (κ2) is 4.68. The first-order valence-corrected chi connectivity index (χ1v) is 6.31. The van der Waals surface area contributed by atoms with Crippen molar-refractivity contribution in [2.24, 2.45) is 4.99 Å². The maximum absolute atomic E-state index is 14.0. The van der Waals surface area contributed by atoms with E-state index in [0.717, 1.165) is 6.07 Å². The number of halogens is 4. The summed E-state index contributed by atoms with van der Waals surface area (Å²) >= 11 is 0. The van der Waals surface area contributed by atoms with Crippen molar-refractivity contribution in [1.82, 2.24) is 5.06 Å². The van der Waals surface area contributed by atoms with Gasteiger partial charge in [-0.05, 0) is 27.7 Å². The molecule has 8 heteroatoms. The van der Waals surface area contributed by atoms with Crippen LogP contribution in [0.2, 0.25) is 0 Å². The molecule has 4 nitrogen and oxygen atoms in total. The van der Waals surface area contributed by atoms with E-state index in [-0.39, 0.29) is 5.06 Å². The van der Waals surface area contributed by atoms with Gasteiger partial charge in [0.15, 0.2) is 29.1 Å². The van der Waals surface area contributed by atoms with E-state index in [0.29, 0.717) is 0 Å². The topological polar surface area (TPSA) is 59.3 Å². The van der Waals surface area contributed by atoms with Crippen LogP contribution in [0.4, 0.5) is 17.6 Å². The SMILES string of the molecule is CC1(C)N=C(c2c(F)c(F)c(C#N)c(F)c2F)N([O])C1(C)C. The fourth-order valence-corrected chi connectivity index (χ4v) is 2.04. The van der Waals surface area contributed by atoms with Gasteiger partial charge in [-0.25, -0.2) is 17.6 Å². The third kappa shape index (κ3) is 1.89. The van der Waals surface area contributed by atoms with Crippen LogP contribution in [-0.4, -0.2) is 22.0 Å². The molecule has 0 N–H and O–H groups in total. The summed E-state index contributed by atoms with van der Waals surface area (Å²) in [7, 11) is 0. The molecule has 2 rings (SSSR count). The molecule has 0 unspecified atom stereocenters. The summed E-state index contributed by atoms with van der Waals surface area (Å²) in [6, 6.07) is 1.05. The van der Waals surface area contributed by atoms with E-state index in [1.54, 1.807) is 13.8 Å². The Morgan fingerprint density at radius 1 is 1.00 bits per heavy atom. The van der Waals surface area contributed by atoms with E-state index in [9.17, 15) is 22.8 Å². The Bertz CT molecular complexity index is 706. The molecule has 117 valence electrons. The molecular weight excluding hydrogens is 302 g/mol. The van der Waals surface area contributed by atoms with Gasteiger partial charge in [-0.1, -0.05) is 5.21 Å². The molecule has 22 heavy (non-hydrogen) atoms. The van der Waals surface area contributed by atoms with Crippen LogP contribution in [-0.2, 0) is 5.21 Å². The third-order valence-corrected chi connectivity index (χ3v) is 4.18. The van der Waals surface area contributed by atoms with Crippen LogP contribution >= 0.6 is 0 Å². The molecule has 0 amide bonds. The van der Waals surface area contributed by atoms with Crippen LogP contribution in [0.25, 0.3) is 0 Å². The van der Waals surface area contributed by atoms with E-state index >= 15 is 0 Å². The minimum absolute atomic E-state index is 0.222. The molecule has 0 atom stereocenters. The molecule has 0 aliphatic carbocycles. The highest BCUT2D eigenvalue weighted by Gasteiger charge is 2.51. The standard InChI is InChI=1S/C14H12F4N3O/c1-13(2)14(3,4)21(22)12(20-13)7-10(17)8(15)6(5-19)9(16)11(7)18/h1-4H3. The fourth-order valence-electron chi connectivity index (χ4n) is 2.04. The summed E-state index contributed by atoms with van der Waals surface area (Å²) in [5.74, 6) is -8.08. The second-order valence-corrected chi connectivity index (χ2v) is 5.97. The van der Waals surface area contributed by atoms with Gasteiger partial charge >= 0.3 is 0 Å². The number of benzene rings is 1. The predicted molar refractivity (Wildman–Crippen MR) is 68.2 cm³/mol. The van der Waals surface area contributed by atoms with Gasteiger partial charge < -0.3 is 0 Å². The number of amidine groups is 1. The summed E-state index contributed by atoms with van der Waals surface area (Å²) in [5.41, 5.74) is -4.80. The summed E-state index contributed by atoms with van der Waals surface area (Å²) in [6.07, 6.45) is 0. The highest BCUT2D eigenvalue weighted by Crippen LogP contribution is 2.39. The zero-order valence-electron chi connectivity index (χ0n) is 12.3. The van der Waals surface area contributed by atoms with E-state index in [2.05, 4.69) is 4.99 Å².